The molecule has 0 radical (unpaired) electrons. The molecule has 3 rings (SSSR count). The molecule has 6 N–H and O–H groups in total. The minimum atomic E-state index is -1.31. The molecule has 0 bridgehead atoms. The van der Waals surface area contributed by atoms with Gasteiger partial charge in [-0.3, -0.25) is 19.6 Å². The molecule has 3 aromatic carbocycles. The highest BCUT2D eigenvalue weighted by molar-refractivity contribution is 6.42. The van der Waals surface area contributed by atoms with E-state index in [-0.39, 0.29) is 25.4 Å². The van der Waals surface area contributed by atoms with Crippen LogP contribution in [0.3, 0.4) is 0 Å². The van der Waals surface area contributed by atoms with Crippen LogP contribution in [0.25, 0.3) is 0 Å². The summed E-state index contributed by atoms with van der Waals surface area (Å²) in [5, 5.41) is 27.6. The van der Waals surface area contributed by atoms with Gasteiger partial charge < -0.3 is 21.1 Å². The maximum absolute atomic E-state index is 12.4. The average molecular weight is 585 g/mol. The summed E-state index contributed by atoms with van der Waals surface area (Å²) in [4.78, 5) is 36.2. The molecule has 0 spiro atoms. The molecule has 0 saturated carbocycles. The molecular formula is C29H30Cl2N4O5. The van der Waals surface area contributed by atoms with E-state index in [9.17, 15) is 19.5 Å². The minimum absolute atomic E-state index is 0. The van der Waals surface area contributed by atoms with Gasteiger partial charge in [-0.1, -0.05) is 48.5 Å². The number of nitrogens with one attached hydrogen (secondary N) is 4. The van der Waals surface area contributed by atoms with Crippen LogP contribution in [0.4, 0.5) is 5.69 Å². The predicted molar refractivity (Wildman–Crippen MR) is 155 cm³/mol. The van der Waals surface area contributed by atoms with Crippen LogP contribution in [0.15, 0.2) is 66.7 Å². The van der Waals surface area contributed by atoms with Crippen LogP contribution in [-0.4, -0.2) is 46.7 Å². The van der Waals surface area contributed by atoms with Crippen LogP contribution in [-0.2, 0) is 16.1 Å². The van der Waals surface area contributed by atoms with Crippen LogP contribution < -0.4 is 21.4 Å². The second kappa shape index (κ2) is 15.6. The lowest BCUT2D eigenvalue weighted by atomic mass is 10.1. The summed E-state index contributed by atoms with van der Waals surface area (Å²) in [6.07, 6.45) is -1.21. The maximum Gasteiger partial charge on any atom is 0.268 e. The molecule has 0 aliphatic heterocycles. The fourth-order valence-corrected chi connectivity index (χ4v) is 3.68. The molecule has 3 amide bonds. The molecule has 3 aromatic rings. The zero-order valence-corrected chi connectivity index (χ0v) is 22.3. The Morgan fingerprint density at radius 1 is 0.900 bits per heavy atom. The Bertz CT molecular complexity index is 1380. The van der Waals surface area contributed by atoms with Crippen molar-refractivity contribution >= 4 is 46.6 Å². The lowest BCUT2D eigenvalue weighted by molar-refractivity contribution is -0.133. The molecule has 210 valence electrons. The zero-order chi connectivity index (χ0) is 28.4. The van der Waals surface area contributed by atoms with Crippen molar-refractivity contribution in [1.29, 1.82) is 0 Å². The second-order valence-corrected chi connectivity index (χ2v) is 9.29. The number of hydrogen-bond donors (Lipinski definition) is 6. The van der Waals surface area contributed by atoms with Crippen molar-refractivity contribution in [3.8, 4) is 11.8 Å². The van der Waals surface area contributed by atoms with Gasteiger partial charge in [0.15, 0.2) is 0 Å². The highest BCUT2D eigenvalue weighted by atomic mass is 35.5. The van der Waals surface area contributed by atoms with Crippen molar-refractivity contribution in [1.82, 2.24) is 16.1 Å². The van der Waals surface area contributed by atoms with E-state index < -0.39 is 24.0 Å². The Kier molecular flexibility index (Phi) is 12.6. The van der Waals surface area contributed by atoms with Gasteiger partial charge in [0.1, 0.15) is 6.04 Å². The molecule has 0 aliphatic rings. The van der Waals surface area contributed by atoms with Crippen molar-refractivity contribution in [3.05, 3.63) is 99.0 Å². The SMILES string of the molecule is C.C[C@@H](O)[C@H](NC(=O)c1ccc(C#Cc2ccc(NC(=O)CNCc3ccc(Cl)c(Cl)c3)cc2)cc1)C(=O)NO. The Morgan fingerprint density at radius 2 is 1.50 bits per heavy atom. The van der Waals surface area contributed by atoms with Crippen molar-refractivity contribution in [2.75, 3.05) is 11.9 Å². The summed E-state index contributed by atoms with van der Waals surface area (Å²) >= 11 is 11.9. The van der Waals surface area contributed by atoms with Gasteiger partial charge in [0.05, 0.1) is 22.7 Å². The van der Waals surface area contributed by atoms with Gasteiger partial charge in [0.2, 0.25) is 5.91 Å². The van der Waals surface area contributed by atoms with Gasteiger partial charge in [-0.15, -0.1) is 0 Å². The van der Waals surface area contributed by atoms with Crippen molar-refractivity contribution in [2.24, 2.45) is 0 Å². The Morgan fingerprint density at radius 3 is 2.05 bits per heavy atom. The van der Waals surface area contributed by atoms with E-state index >= 15 is 0 Å². The van der Waals surface area contributed by atoms with E-state index in [4.69, 9.17) is 28.4 Å². The second-order valence-electron chi connectivity index (χ2n) is 8.47. The van der Waals surface area contributed by atoms with Crippen LogP contribution >= 0.6 is 23.2 Å². The molecule has 2 atom stereocenters. The Hall–Kier alpha value is -3.91. The number of halogens is 2. The number of aliphatic hydroxyl groups excluding tert-OH is 1. The van der Waals surface area contributed by atoms with Gasteiger partial charge in [0, 0.05) is 28.9 Å². The van der Waals surface area contributed by atoms with Gasteiger partial charge in [-0.2, -0.15) is 0 Å². The Balaban J connectivity index is 0.00000560. The summed E-state index contributed by atoms with van der Waals surface area (Å²) in [7, 11) is 0. The number of hydrogen-bond acceptors (Lipinski definition) is 6. The smallest absolute Gasteiger partial charge is 0.268 e. The largest absolute Gasteiger partial charge is 0.391 e. The quantitative estimate of drug-likeness (QED) is 0.129. The van der Waals surface area contributed by atoms with Crippen molar-refractivity contribution in [3.63, 3.8) is 0 Å². The fraction of sp³-hybridized carbons (Fsp3) is 0.207. The molecule has 0 aromatic heterocycles. The molecule has 0 aliphatic carbocycles. The molecule has 11 heteroatoms. The molecule has 9 nitrogen and oxygen atoms in total. The average Bonchev–Trinajstić information content (AvgIpc) is 2.93. The summed E-state index contributed by atoms with van der Waals surface area (Å²) < 4.78 is 0. The normalized spacial score (nSPS) is 11.6. The first kappa shape index (κ1) is 32.3. The topological polar surface area (TPSA) is 140 Å². The highest BCUT2D eigenvalue weighted by Gasteiger charge is 2.25. The third-order valence-corrected chi connectivity index (χ3v) is 6.17. The van der Waals surface area contributed by atoms with Gasteiger partial charge in [-0.25, -0.2) is 5.48 Å². The molecule has 0 saturated heterocycles. The molecule has 40 heavy (non-hydrogen) atoms. The monoisotopic (exact) mass is 584 g/mol. The molecule has 0 fully saturated rings. The number of anilines is 1. The first-order valence-corrected chi connectivity index (χ1v) is 12.5. The minimum Gasteiger partial charge on any atom is -0.391 e. The predicted octanol–water partition coefficient (Wildman–Crippen LogP) is 3.74. The van der Waals surface area contributed by atoms with Gasteiger partial charge in [0.25, 0.3) is 11.8 Å². The number of carbonyl (C=O) groups excluding carboxylic acids is 3. The summed E-state index contributed by atoms with van der Waals surface area (Å²) in [5.74, 6) is 4.28. The summed E-state index contributed by atoms with van der Waals surface area (Å²) in [6, 6.07) is 17.4. The zero-order valence-electron chi connectivity index (χ0n) is 20.8. The number of benzene rings is 3. The first-order valence-electron chi connectivity index (χ1n) is 11.8. The van der Waals surface area contributed by atoms with Crippen LogP contribution in [0, 0.1) is 11.8 Å². The van der Waals surface area contributed by atoms with E-state index in [0.29, 0.717) is 27.8 Å². The highest BCUT2D eigenvalue weighted by Crippen LogP contribution is 2.22. The van der Waals surface area contributed by atoms with E-state index in [1.807, 2.05) is 6.07 Å². The Labute approximate surface area is 242 Å². The van der Waals surface area contributed by atoms with Crippen LogP contribution in [0.5, 0.6) is 0 Å². The van der Waals surface area contributed by atoms with Gasteiger partial charge >= 0.3 is 0 Å². The molecular weight excluding hydrogens is 555 g/mol. The molecule has 0 unspecified atom stereocenters. The fourth-order valence-electron chi connectivity index (χ4n) is 3.36. The van der Waals surface area contributed by atoms with Crippen molar-refractivity contribution < 1.29 is 24.7 Å². The van der Waals surface area contributed by atoms with E-state index in [1.54, 1.807) is 48.5 Å². The lowest BCUT2D eigenvalue weighted by Gasteiger charge is -2.19. The van der Waals surface area contributed by atoms with Crippen LogP contribution in [0.2, 0.25) is 10.0 Å². The number of hydroxylamine groups is 1. The number of carbonyl (C=O) groups is 3. The van der Waals surface area contributed by atoms with E-state index in [2.05, 4.69) is 27.8 Å². The number of aliphatic hydroxyl groups is 1. The summed E-state index contributed by atoms with van der Waals surface area (Å²) in [5.41, 5.74) is 4.58. The first-order chi connectivity index (χ1) is 18.7. The van der Waals surface area contributed by atoms with E-state index in [1.165, 1.54) is 24.5 Å². The summed E-state index contributed by atoms with van der Waals surface area (Å²) in [6.45, 7) is 1.90. The van der Waals surface area contributed by atoms with E-state index in [0.717, 1.165) is 11.1 Å². The standard InChI is InChI=1S/C28H26Cl2N4O5.CH4/c1-17(35)26(28(38)34-39)33-27(37)21-9-4-18(5-10-21)2-3-19-6-11-22(12-7-19)32-25(36)16-31-15-20-8-13-23(29)24(30)14-20;/h4-14,17,26,31,35,39H,15-16H2,1H3,(H,32,36)(H,33,37)(H,34,38);1H4/t17-,26+;/m1./s1. The number of amides is 3. The van der Waals surface area contributed by atoms with Crippen LogP contribution in [0.1, 0.15) is 41.4 Å². The third kappa shape index (κ3) is 9.68. The van der Waals surface area contributed by atoms with Gasteiger partial charge in [-0.05, 0) is 73.2 Å². The van der Waals surface area contributed by atoms with Crippen molar-refractivity contribution in [2.45, 2.75) is 33.0 Å². The third-order valence-electron chi connectivity index (χ3n) is 5.43. The molecule has 0 heterocycles. The lowest BCUT2D eigenvalue weighted by Crippen LogP contribution is -2.51. The number of rotatable bonds is 9. The maximum atomic E-state index is 12.4.